The Morgan fingerprint density at radius 3 is 2.86 bits per heavy atom. The lowest BCUT2D eigenvalue weighted by molar-refractivity contribution is 0.0946. The third-order valence-electron chi connectivity index (χ3n) is 2.71. The maximum atomic E-state index is 12.0. The molecular formula is C14H12N6OS. The minimum atomic E-state index is -0.229. The van der Waals surface area contributed by atoms with Crippen LogP contribution < -0.4 is 10.6 Å². The molecule has 0 atom stereocenters. The van der Waals surface area contributed by atoms with E-state index in [0.29, 0.717) is 23.2 Å². The Balaban J connectivity index is 1.60. The molecule has 2 N–H and O–H groups in total. The van der Waals surface area contributed by atoms with Crippen LogP contribution in [0.3, 0.4) is 0 Å². The third-order valence-corrected chi connectivity index (χ3v) is 3.47. The summed E-state index contributed by atoms with van der Waals surface area (Å²) < 4.78 is 0. The molecular weight excluding hydrogens is 300 g/mol. The highest BCUT2D eigenvalue weighted by atomic mass is 32.1. The largest absolute Gasteiger partial charge is 0.347 e. The lowest BCUT2D eigenvalue weighted by Crippen LogP contribution is -2.23. The fourth-order valence-electron chi connectivity index (χ4n) is 1.68. The fraction of sp³-hybridized carbons (Fsp3) is 0.0714. The minimum Gasteiger partial charge on any atom is -0.347 e. The number of anilines is 2. The SMILES string of the molecule is O=C(NCc1cccnc1)c1csc(Nc2cnccn2)n1. The Hall–Kier alpha value is -2.87. The molecule has 3 aromatic rings. The molecule has 0 saturated heterocycles. The zero-order valence-electron chi connectivity index (χ0n) is 11.4. The summed E-state index contributed by atoms with van der Waals surface area (Å²) in [4.78, 5) is 28.3. The van der Waals surface area contributed by atoms with Gasteiger partial charge >= 0.3 is 0 Å². The van der Waals surface area contributed by atoms with Gasteiger partial charge in [0.15, 0.2) is 10.9 Å². The first-order valence-corrected chi connectivity index (χ1v) is 7.35. The van der Waals surface area contributed by atoms with E-state index in [-0.39, 0.29) is 5.91 Å². The minimum absolute atomic E-state index is 0.229. The molecule has 3 rings (SSSR count). The number of nitrogens with zero attached hydrogens (tertiary/aromatic N) is 4. The van der Waals surface area contributed by atoms with Crippen LogP contribution in [0.5, 0.6) is 0 Å². The number of nitrogens with one attached hydrogen (secondary N) is 2. The van der Waals surface area contributed by atoms with Crippen LogP contribution in [-0.4, -0.2) is 25.8 Å². The summed E-state index contributed by atoms with van der Waals surface area (Å²) in [5.41, 5.74) is 1.30. The maximum absolute atomic E-state index is 12.0. The van der Waals surface area contributed by atoms with Gasteiger partial charge in [0.25, 0.3) is 5.91 Å². The summed E-state index contributed by atoms with van der Waals surface area (Å²) in [6.07, 6.45) is 8.16. The average molecular weight is 312 g/mol. The number of amides is 1. The number of hydrogen-bond donors (Lipinski definition) is 2. The summed E-state index contributed by atoms with van der Waals surface area (Å²) in [7, 11) is 0. The van der Waals surface area contributed by atoms with E-state index < -0.39 is 0 Å². The van der Waals surface area contributed by atoms with Crippen LogP contribution in [0, 0.1) is 0 Å². The fourth-order valence-corrected chi connectivity index (χ4v) is 2.38. The van der Waals surface area contributed by atoms with Crippen molar-refractivity contribution in [2.24, 2.45) is 0 Å². The molecule has 3 heterocycles. The monoisotopic (exact) mass is 312 g/mol. The Morgan fingerprint density at radius 1 is 1.18 bits per heavy atom. The summed E-state index contributed by atoms with van der Waals surface area (Å²) in [5.74, 6) is 0.353. The molecule has 22 heavy (non-hydrogen) atoms. The van der Waals surface area contributed by atoms with Gasteiger partial charge < -0.3 is 10.6 Å². The van der Waals surface area contributed by atoms with Crippen LogP contribution >= 0.6 is 11.3 Å². The molecule has 3 aromatic heterocycles. The van der Waals surface area contributed by atoms with Crippen LogP contribution in [0.2, 0.25) is 0 Å². The van der Waals surface area contributed by atoms with Crippen molar-refractivity contribution in [3.63, 3.8) is 0 Å². The quantitative estimate of drug-likeness (QED) is 0.748. The van der Waals surface area contributed by atoms with E-state index in [0.717, 1.165) is 5.56 Å². The highest BCUT2D eigenvalue weighted by Crippen LogP contribution is 2.18. The number of carbonyl (C=O) groups is 1. The molecule has 0 unspecified atom stereocenters. The molecule has 8 heteroatoms. The number of rotatable bonds is 5. The molecule has 0 saturated carbocycles. The Kier molecular flexibility index (Phi) is 4.30. The second kappa shape index (κ2) is 6.72. The second-order valence-electron chi connectivity index (χ2n) is 4.30. The van der Waals surface area contributed by atoms with Gasteiger partial charge in [-0.25, -0.2) is 9.97 Å². The van der Waals surface area contributed by atoms with Gasteiger partial charge in [-0.2, -0.15) is 0 Å². The van der Waals surface area contributed by atoms with Gasteiger partial charge in [-0.05, 0) is 11.6 Å². The highest BCUT2D eigenvalue weighted by molar-refractivity contribution is 7.14. The lowest BCUT2D eigenvalue weighted by Gasteiger charge is -2.02. The van der Waals surface area contributed by atoms with Crippen molar-refractivity contribution in [1.29, 1.82) is 0 Å². The van der Waals surface area contributed by atoms with E-state index in [1.54, 1.807) is 36.4 Å². The van der Waals surface area contributed by atoms with Gasteiger partial charge in [-0.3, -0.25) is 14.8 Å². The first kappa shape index (κ1) is 14.1. The van der Waals surface area contributed by atoms with Crippen LogP contribution in [0.1, 0.15) is 16.1 Å². The number of hydrogen-bond acceptors (Lipinski definition) is 7. The van der Waals surface area contributed by atoms with E-state index in [1.807, 2.05) is 12.1 Å². The topological polar surface area (TPSA) is 92.7 Å². The number of aromatic nitrogens is 4. The van der Waals surface area contributed by atoms with Crippen molar-refractivity contribution in [2.45, 2.75) is 6.54 Å². The molecule has 110 valence electrons. The Morgan fingerprint density at radius 2 is 2.09 bits per heavy atom. The molecule has 0 radical (unpaired) electrons. The zero-order chi connectivity index (χ0) is 15.2. The van der Waals surface area contributed by atoms with Crippen LogP contribution in [-0.2, 0) is 6.54 Å². The van der Waals surface area contributed by atoms with Gasteiger partial charge in [-0.1, -0.05) is 6.07 Å². The molecule has 0 spiro atoms. The number of thiazole rings is 1. The molecule has 1 amide bonds. The maximum Gasteiger partial charge on any atom is 0.271 e. The van der Waals surface area contributed by atoms with Crippen molar-refractivity contribution >= 4 is 28.2 Å². The van der Waals surface area contributed by atoms with E-state index >= 15 is 0 Å². The first-order chi connectivity index (χ1) is 10.8. The van der Waals surface area contributed by atoms with Gasteiger partial charge in [0.05, 0.1) is 6.20 Å². The van der Waals surface area contributed by atoms with Gasteiger partial charge in [0.2, 0.25) is 0 Å². The highest BCUT2D eigenvalue weighted by Gasteiger charge is 2.10. The summed E-state index contributed by atoms with van der Waals surface area (Å²) >= 11 is 1.33. The smallest absolute Gasteiger partial charge is 0.271 e. The predicted octanol–water partition coefficient (Wildman–Crippen LogP) is 2.00. The molecule has 0 aromatic carbocycles. The molecule has 0 aliphatic heterocycles. The van der Waals surface area contributed by atoms with Crippen LogP contribution in [0.4, 0.5) is 10.9 Å². The second-order valence-corrected chi connectivity index (χ2v) is 5.16. The zero-order valence-corrected chi connectivity index (χ0v) is 12.2. The van der Waals surface area contributed by atoms with Crippen LogP contribution in [0.15, 0.2) is 48.5 Å². The van der Waals surface area contributed by atoms with Crippen molar-refractivity contribution in [3.8, 4) is 0 Å². The van der Waals surface area contributed by atoms with Crippen molar-refractivity contribution in [2.75, 3.05) is 5.32 Å². The summed E-state index contributed by atoms with van der Waals surface area (Å²) in [5, 5.41) is 8.08. The van der Waals surface area contributed by atoms with E-state index in [1.165, 1.54) is 11.3 Å². The standard InChI is InChI=1S/C14H12N6OS/c21-13(18-7-10-2-1-3-15-6-10)11-9-22-14(19-11)20-12-8-16-4-5-17-12/h1-6,8-9H,7H2,(H,18,21)(H,17,19,20). The van der Waals surface area contributed by atoms with Crippen LogP contribution in [0.25, 0.3) is 0 Å². The molecule has 0 aliphatic rings. The lowest BCUT2D eigenvalue weighted by atomic mass is 10.3. The van der Waals surface area contributed by atoms with Gasteiger partial charge in [0, 0.05) is 36.7 Å². The third kappa shape index (κ3) is 3.61. The summed E-state index contributed by atoms with van der Waals surface area (Å²) in [6.45, 7) is 0.414. The van der Waals surface area contributed by atoms with E-state index in [2.05, 4.69) is 30.6 Å². The average Bonchev–Trinajstić information content (AvgIpc) is 3.03. The Bertz CT molecular complexity index is 746. The molecule has 0 fully saturated rings. The van der Waals surface area contributed by atoms with Gasteiger partial charge in [0.1, 0.15) is 5.69 Å². The molecule has 0 bridgehead atoms. The normalized spacial score (nSPS) is 10.2. The van der Waals surface area contributed by atoms with E-state index in [9.17, 15) is 4.79 Å². The predicted molar refractivity (Wildman–Crippen MR) is 82.8 cm³/mol. The Labute approximate surface area is 130 Å². The molecule has 7 nitrogen and oxygen atoms in total. The number of carbonyl (C=O) groups excluding carboxylic acids is 1. The van der Waals surface area contributed by atoms with Crippen molar-refractivity contribution in [1.82, 2.24) is 25.3 Å². The molecule has 0 aliphatic carbocycles. The van der Waals surface area contributed by atoms with Gasteiger partial charge in [-0.15, -0.1) is 11.3 Å². The summed E-state index contributed by atoms with van der Waals surface area (Å²) in [6, 6.07) is 3.72. The van der Waals surface area contributed by atoms with Crippen molar-refractivity contribution in [3.05, 3.63) is 59.8 Å². The van der Waals surface area contributed by atoms with Crippen molar-refractivity contribution < 1.29 is 4.79 Å². The first-order valence-electron chi connectivity index (χ1n) is 6.47. The number of pyridine rings is 1. The van der Waals surface area contributed by atoms with E-state index in [4.69, 9.17) is 0 Å².